The lowest BCUT2D eigenvalue weighted by Crippen LogP contribution is -2.03. The predicted octanol–water partition coefficient (Wildman–Crippen LogP) is 9.34. The third-order valence-corrected chi connectivity index (χ3v) is 6.56. The first-order valence-electron chi connectivity index (χ1n) is 16.9. The van der Waals surface area contributed by atoms with Crippen LogP contribution in [0.5, 0.6) is 11.5 Å². The average Bonchev–Trinajstić information content (AvgIpc) is 3.15. The average molecular weight is 695 g/mol. The van der Waals surface area contributed by atoms with Crippen LogP contribution < -0.4 is 9.47 Å². The molecule has 4 aromatic carbocycles. The van der Waals surface area contributed by atoms with E-state index in [1.54, 1.807) is 28.4 Å². The molecular formula is C42H62O8. The molecule has 8 nitrogen and oxygen atoms in total. The van der Waals surface area contributed by atoms with Gasteiger partial charge in [0.15, 0.2) is 0 Å². The molecule has 0 bridgehead atoms. The van der Waals surface area contributed by atoms with Crippen LogP contribution in [0.1, 0.15) is 38.8 Å². The van der Waals surface area contributed by atoms with E-state index >= 15 is 0 Å². The van der Waals surface area contributed by atoms with Gasteiger partial charge in [-0.05, 0) is 47.2 Å². The molecule has 0 saturated heterocycles. The SMILES string of the molecule is CC(C)C(C)C.COCCOc1ccccc1.COCCOc1ccccc1.COCOCc1ccccc1.COCOCc1ccccc1. The van der Waals surface area contributed by atoms with Crippen LogP contribution in [0.15, 0.2) is 121 Å². The van der Waals surface area contributed by atoms with Gasteiger partial charge in [0.25, 0.3) is 0 Å². The Kier molecular flexibility index (Phi) is 32.4. The van der Waals surface area contributed by atoms with Gasteiger partial charge in [0.05, 0.1) is 26.4 Å². The molecule has 8 heteroatoms. The molecule has 0 spiro atoms. The van der Waals surface area contributed by atoms with Crippen LogP contribution in [0.2, 0.25) is 0 Å². The summed E-state index contributed by atoms with van der Waals surface area (Å²) in [5.74, 6) is 3.49. The maximum atomic E-state index is 5.32. The number of para-hydroxylation sites is 2. The molecule has 0 aliphatic heterocycles. The highest BCUT2D eigenvalue weighted by molar-refractivity contribution is 5.21. The Morgan fingerprint density at radius 2 is 0.680 bits per heavy atom. The maximum Gasteiger partial charge on any atom is 0.146 e. The third kappa shape index (κ3) is 30.3. The van der Waals surface area contributed by atoms with E-state index in [1.165, 1.54) is 11.1 Å². The summed E-state index contributed by atoms with van der Waals surface area (Å²) in [6.07, 6.45) is 0. The molecule has 0 unspecified atom stereocenters. The van der Waals surface area contributed by atoms with Crippen LogP contribution in [0, 0.1) is 11.8 Å². The Labute approximate surface area is 302 Å². The zero-order valence-electron chi connectivity index (χ0n) is 31.6. The third-order valence-electron chi connectivity index (χ3n) is 6.56. The Bertz CT molecular complexity index is 1010. The van der Waals surface area contributed by atoms with Crippen molar-refractivity contribution in [3.8, 4) is 11.5 Å². The molecule has 4 aromatic rings. The molecule has 0 aromatic heterocycles. The van der Waals surface area contributed by atoms with Crippen molar-refractivity contribution < 1.29 is 37.9 Å². The lowest BCUT2D eigenvalue weighted by Gasteiger charge is -2.05. The second kappa shape index (κ2) is 35.1. The Balaban J connectivity index is 0.000000609. The van der Waals surface area contributed by atoms with E-state index in [1.807, 2.05) is 121 Å². The molecule has 0 aliphatic rings. The van der Waals surface area contributed by atoms with Gasteiger partial charge in [-0.1, -0.05) is 125 Å². The minimum absolute atomic E-state index is 0.356. The van der Waals surface area contributed by atoms with E-state index < -0.39 is 0 Å². The lowest BCUT2D eigenvalue weighted by molar-refractivity contribution is -0.0391. The molecule has 0 aliphatic carbocycles. The summed E-state index contributed by atoms with van der Waals surface area (Å²) < 4.78 is 40.1. The molecule has 50 heavy (non-hydrogen) atoms. The quantitative estimate of drug-likeness (QED) is 0.0800. The molecule has 278 valence electrons. The molecule has 4 rings (SSSR count). The number of hydrogen-bond acceptors (Lipinski definition) is 8. The minimum Gasteiger partial charge on any atom is -0.491 e. The smallest absolute Gasteiger partial charge is 0.146 e. The van der Waals surface area contributed by atoms with Crippen LogP contribution in [0.25, 0.3) is 0 Å². The van der Waals surface area contributed by atoms with Crippen molar-refractivity contribution in [2.45, 2.75) is 40.9 Å². The van der Waals surface area contributed by atoms with Crippen LogP contribution in [-0.4, -0.2) is 68.5 Å². The summed E-state index contributed by atoms with van der Waals surface area (Å²) >= 11 is 0. The van der Waals surface area contributed by atoms with Crippen molar-refractivity contribution in [2.75, 3.05) is 68.5 Å². The summed E-state index contributed by atoms with van der Waals surface area (Å²) in [5, 5.41) is 0. The highest BCUT2D eigenvalue weighted by Crippen LogP contribution is 2.08. The standard InChI is InChI=1S/4C9H12O2.C6H14/c2*1-10-8-11-7-9-5-3-2-4-6-9;2*1-10-7-8-11-9-5-3-2-4-6-9;1-5(2)6(3)4/h4*2-6H,7-8H2,1H3;5-6H,1-4H3. The van der Waals surface area contributed by atoms with Gasteiger partial charge in [-0.2, -0.15) is 0 Å². The lowest BCUT2D eigenvalue weighted by atomic mass is 10.0. The number of rotatable bonds is 17. The molecular weight excluding hydrogens is 632 g/mol. The van der Waals surface area contributed by atoms with Gasteiger partial charge in [-0.25, -0.2) is 0 Å². The Morgan fingerprint density at radius 3 is 0.940 bits per heavy atom. The van der Waals surface area contributed by atoms with Gasteiger partial charge in [0.1, 0.15) is 38.3 Å². The van der Waals surface area contributed by atoms with Crippen LogP contribution in [0.4, 0.5) is 0 Å². The topological polar surface area (TPSA) is 73.8 Å². The number of ether oxygens (including phenoxy) is 8. The Morgan fingerprint density at radius 1 is 0.380 bits per heavy atom. The van der Waals surface area contributed by atoms with Crippen molar-refractivity contribution >= 4 is 0 Å². The monoisotopic (exact) mass is 694 g/mol. The van der Waals surface area contributed by atoms with Gasteiger partial charge < -0.3 is 37.9 Å². The number of benzene rings is 4. The van der Waals surface area contributed by atoms with Crippen LogP contribution >= 0.6 is 0 Å². The highest BCUT2D eigenvalue weighted by atomic mass is 16.7. The van der Waals surface area contributed by atoms with Crippen molar-refractivity contribution in [1.29, 1.82) is 0 Å². The van der Waals surface area contributed by atoms with Gasteiger partial charge >= 0.3 is 0 Å². The molecule has 0 radical (unpaired) electrons. The first-order valence-corrected chi connectivity index (χ1v) is 16.9. The second-order valence-electron chi connectivity index (χ2n) is 11.3. The molecule has 0 N–H and O–H groups in total. The Hall–Kier alpha value is -3.76. The van der Waals surface area contributed by atoms with Gasteiger partial charge in [-0.15, -0.1) is 0 Å². The molecule has 0 fully saturated rings. The van der Waals surface area contributed by atoms with E-state index in [2.05, 4.69) is 27.7 Å². The summed E-state index contributed by atoms with van der Waals surface area (Å²) in [7, 11) is 6.55. The van der Waals surface area contributed by atoms with Gasteiger partial charge in [0, 0.05) is 28.4 Å². The normalized spacial score (nSPS) is 9.88. The number of hydrogen-bond donors (Lipinski definition) is 0. The minimum atomic E-state index is 0.356. The fourth-order valence-corrected chi connectivity index (χ4v) is 3.15. The van der Waals surface area contributed by atoms with E-state index in [0.29, 0.717) is 53.2 Å². The molecule has 0 amide bonds. The maximum absolute atomic E-state index is 5.32. The van der Waals surface area contributed by atoms with E-state index in [9.17, 15) is 0 Å². The largest absolute Gasteiger partial charge is 0.491 e. The first-order chi connectivity index (χ1) is 24.4. The van der Waals surface area contributed by atoms with Crippen LogP contribution in [0.3, 0.4) is 0 Å². The van der Waals surface area contributed by atoms with Crippen molar-refractivity contribution in [3.63, 3.8) is 0 Å². The zero-order valence-corrected chi connectivity index (χ0v) is 31.6. The van der Waals surface area contributed by atoms with Crippen LogP contribution in [-0.2, 0) is 41.6 Å². The summed E-state index contributed by atoms with van der Waals surface area (Å²) in [5.41, 5.74) is 2.34. The highest BCUT2D eigenvalue weighted by Gasteiger charge is 1.96. The number of methoxy groups -OCH3 is 4. The summed E-state index contributed by atoms with van der Waals surface area (Å²) in [6.45, 7) is 13.4. The van der Waals surface area contributed by atoms with Crippen molar-refractivity contribution in [2.24, 2.45) is 11.8 Å². The second-order valence-corrected chi connectivity index (χ2v) is 11.3. The van der Waals surface area contributed by atoms with Crippen molar-refractivity contribution in [3.05, 3.63) is 132 Å². The van der Waals surface area contributed by atoms with E-state index in [-0.39, 0.29) is 0 Å². The predicted molar refractivity (Wildman–Crippen MR) is 204 cm³/mol. The summed E-state index contributed by atoms with van der Waals surface area (Å²) in [6, 6.07) is 39.4. The van der Waals surface area contributed by atoms with E-state index in [4.69, 9.17) is 37.9 Å². The fraction of sp³-hybridized carbons (Fsp3) is 0.429. The zero-order chi connectivity index (χ0) is 36.9. The molecule has 0 heterocycles. The van der Waals surface area contributed by atoms with E-state index in [0.717, 1.165) is 23.3 Å². The summed E-state index contributed by atoms with van der Waals surface area (Å²) in [4.78, 5) is 0. The molecule has 0 atom stereocenters. The van der Waals surface area contributed by atoms with Gasteiger partial charge in [0.2, 0.25) is 0 Å². The van der Waals surface area contributed by atoms with Gasteiger partial charge in [-0.3, -0.25) is 0 Å². The molecule has 0 saturated carbocycles. The van der Waals surface area contributed by atoms with Crippen molar-refractivity contribution in [1.82, 2.24) is 0 Å². The fourth-order valence-electron chi connectivity index (χ4n) is 3.15. The first kappa shape index (κ1) is 46.2.